The quantitative estimate of drug-likeness (QED) is 0.656. The van der Waals surface area contributed by atoms with Gasteiger partial charge >= 0.3 is 0 Å². The van der Waals surface area contributed by atoms with Gasteiger partial charge in [-0.2, -0.15) is 0 Å². The highest BCUT2D eigenvalue weighted by Gasteiger charge is 2.22. The number of carbonyl (C=O) groups excluding carboxylic acids is 1. The molecule has 0 spiro atoms. The van der Waals surface area contributed by atoms with Gasteiger partial charge in [-0.15, -0.1) is 11.3 Å². The van der Waals surface area contributed by atoms with Gasteiger partial charge < -0.3 is 15.0 Å². The van der Waals surface area contributed by atoms with Crippen molar-refractivity contribution in [3.05, 3.63) is 62.0 Å². The summed E-state index contributed by atoms with van der Waals surface area (Å²) < 4.78 is 5.39. The van der Waals surface area contributed by atoms with Gasteiger partial charge in [-0.25, -0.2) is 4.98 Å². The molecule has 8 heteroatoms. The number of aromatic nitrogens is 2. The lowest BCUT2D eigenvalue weighted by Gasteiger charge is -2.26. The van der Waals surface area contributed by atoms with Gasteiger partial charge in [0.1, 0.15) is 4.83 Å². The Hall–Kier alpha value is -2.55. The first kappa shape index (κ1) is 19.4. The van der Waals surface area contributed by atoms with E-state index in [1.165, 1.54) is 21.8 Å². The maximum absolute atomic E-state index is 12.6. The van der Waals surface area contributed by atoms with E-state index in [2.05, 4.69) is 32.3 Å². The highest BCUT2D eigenvalue weighted by atomic mass is 32.1. The van der Waals surface area contributed by atoms with Crippen LogP contribution in [0.25, 0.3) is 10.2 Å². The lowest BCUT2D eigenvalue weighted by atomic mass is 10.1. The Bertz CT molecular complexity index is 1130. The zero-order valence-corrected chi connectivity index (χ0v) is 17.5. The zero-order valence-electron chi connectivity index (χ0n) is 16.7. The van der Waals surface area contributed by atoms with E-state index in [0.29, 0.717) is 16.8 Å². The Morgan fingerprint density at radius 3 is 2.73 bits per heavy atom. The second kappa shape index (κ2) is 8.29. The number of hydrogen-bond donors (Lipinski definition) is 2. The fourth-order valence-corrected chi connectivity index (χ4v) is 5.42. The summed E-state index contributed by atoms with van der Waals surface area (Å²) in [5.74, 6) is -0.281. The molecule has 0 atom stereocenters. The molecular weight excluding hydrogens is 400 g/mol. The molecule has 0 bridgehead atoms. The van der Waals surface area contributed by atoms with Crippen molar-refractivity contribution < 1.29 is 9.53 Å². The molecule has 1 fully saturated rings. The molecule has 3 heterocycles. The van der Waals surface area contributed by atoms with Gasteiger partial charge in [0, 0.05) is 31.1 Å². The second-order valence-electron chi connectivity index (χ2n) is 7.84. The normalized spacial score (nSPS) is 16.7. The van der Waals surface area contributed by atoms with Gasteiger partial charge in [0.25, 0.3) is 11.5 Å². The molecule has 0 radical (unpaired) electrons. The summed E-state index contributed by atoms with van der Waals surface area (Å²) in [6.07, 6.45) is 3.01. The van der Waals surface area contributed by atoms with Crippen molar-refractivity contribution in [2.45, 2.75) is 32.4 Å². The number of carbonyl (C=O) groups is 1. The van der Waals surface area contributed by atoms with Crippen molar-refractivity contribution in [2.24, 2.45) is 0 Å². The van der Waals surface area contributed by atoms with Crippen LogP contribution >= 0.6 is 11.3 Å². The molecule has 0 saturated carbocycles. The van der Waals surface area contributed by atoms with Gasteiger partial charge in [-0.05, 0) is 36.0 Å². The summed E-state index contributed by atoms with van der Waals surface area (Å²) in [5.41, 5.74) is 3.16. The average molecular weight is 425 g/mol. The van der Waals surface area contributed by atoms with E-state index in [0.717, 1.165) is 63.2 Å². The molecule has 1 amide bonds. The molecule has 0 unspecified atom stereocenters. The zero-order chi connectivity index (χ0) is 20.5. The first-order valence-corrected chi connectivity index (χ1v) is 11.2. The summed E-state index contributed by atoms with van der Waals surface area (Å²) in [5, 5.41) is 3.53. The Labute approximate surface area is 178 Å². The molecule has 2 aromatic heterocycles. The molecule has 1 saturated heterocycles. The number of aromatic amines is 1. The van der Waals surface area contributed by atoms with E-state index in [4.69, 9.17) is 4.74 Å². The minimum absolute atomic E-state index is 0.0800. The minimum atomic E-state index is -0.361. The van der Waals surface area contributed by atoms with Crippen LogP contribution in [-0.2, 0) is 30.7 Å². The standard InChI is InChI=1S/C22H24N4O3S/c27-20-18-16-2-1-3-17(16)30-22(18)25-19(24-20)21(28)23-12-14-4-6-15(7-5-14)13-26-8-10-29-11-9-26/h4-7H,1-3,8-13H2,(H,23,28)(H,24,25,27). The number of nitrogens with zero attached hydrogens (tertiary/aromatic N) is 2. The van der Waals surface area contributed by atoms with Crippen LogP contribution in [0.5, 0.6) is 0 Å². The number of morpholine rings is 1. The highest BCUT2D eigenvalue weighted by molar-refractivity contribution is 7.18. The second-order valence-corrected chi connectivity index (χ2v) is 8.92. The summed E-state index contributed by atoms with van der Waals surface area (Å²) in [4.78, 5) is 36.5. The average Bonchev–Trinajstić information content (AvgIpc) is 3.34. The van der Waals surface area contributed by atoms with Crippen molar-refractivity contribution in [1.29, 1.82) is 0 Å². The molecule has 2 N–H and O–H groups in total. The van der Waals surface area contributed by atoms with Gasteiger partial charge in [0.15, 0.2) is 0 Å². The van der Waals surface area contributed by atoms with Gasteiger partial charge in [0.05, 0.1) is 18.6 Å². The molecule has 7 nitrogen and oxygen atoms in total. The fraction of sp³-hybridized carbons (Fsp3) is 0.409. The molecule has 2 aliphatic rings. The highest BCUT2D eigenvalue weighted by Crippen LogP contribution is 2.34. The molecule has 1 aliphatic carbocycles. The van der Waals surface area contributed by atoms with Crippen LogP contribution in [-0.4, -0.2) is 47.1 Å². The van der Waals surface area contributed by atoms with E-state index in [9.17, 15) is 9.59 Å². The monoisotopic (exact) mass is 424 g/mol. The molecule has 1 aromatic carbocycles. The predicted octanol–water partition coefficient (Wildman–Crippen LogP) is 2.24. The van der Waals surface area contributed by atoms with Crippen LogP contribution in [0.2, 0.25) is 0 Å². The maximum Gasteiger partial charge on any atom is 0.287 e. The van der Waals surface area contributed by atoms with Crippen molar-refractivity contribution >= 4 is 27.5 Å². The third-order valence-corrected chi connectivity index (χ3v) is 6.96. The van der Waals surface area contributed by atoms with Crippen LogP contribution < -0.4 is 10.9 Å². The number of nitrogens with one attached hydrogen (secondary N) is 2. The first-order valence-electron chi connectivity index (χ1n) is 10.4. The van der Waals surface area contributed by atoms with E-state index >= 15 is 0 Å². The lowest BCUT2D eigenvalue weighted by molar-refractivity contribution is 0.0342. The van der Waals surface area contributed by atoms with Gasteiger partial charge in [-0.1, -0.05) is 24.3 Å². The van der Waals surface area contributed by atoms with E-state index in [1.807, 2.05) is 12.1 Å². The SMILES string of the molecule is O=C(NCc1ccc(CN2CCOCC2)cc1)c1nc2sc3c(c2c(=O)[nH]1)CCC3. The topological polar surface area (TPSA) is 87.3 Å². The number of rotatable bonds is 5. The van der Waals surface area contributed by atoms with E-state index in [1.54, 1.807) is 0 Å². The van der Waals surface area contributed by atoms with Crippen molar-refractivity contribution in [3.63, 3.8) is 0 Å². The molecule has 30 heavy (non-hydrogen) atoms. The third-order valence-electron chi connectivity index (χ3n) is 5.78. The largest absolute Gasteiger partial charge is 0.379 e. The summed E-state index contributed by atoms with van der Waals surface area (Å²) in [7, 11) is 0. The summed E-state index contributed by atoms with van der Waals surface area (Å²) in [6, 6.07) is 8.24. The Morgan fingerprint density at radius 2 is 1.93 bits per heavy atom. The van der Waals surface area contributed by atoms with Crippen molar-refractivity contribution in [1.82, 2.24) is 20.2 Å². The number of benzene rings is 1. The Balaban J connectivity index is 1.23. The van der Waals surface area contributed by atoms with Gasteiger partial charge in [0.2, 0.25) is 5.82 Å². The number of fused-ring (bicyclic) bond motifs is 3. The van der Waals surface area contributed by atoms with E-state index in [-0.39, 0.29) is 17.3 Å². The predicted molar refractivity (Wildman–Crippen MR) is 116 cm³/mol. The van der Waals surface area contributed by atoms with Crippen molar-refractivity contribution in [3.8, 4) is 0 Å². The van der Waals surface area contributed by atoms with Gasteiger partial charge in [-0.3, -0.25) is 14.5 Å². The van der Waals surface area contributed by atoms with Crippen LogP contribution in [0.1, 0.15) is 38.6 Å². The number of H-pyrrole nitrogens is 1. The third kappa shape index (κ3) is 3.90. The molecule has 156 valence electrons. The van der Waals surface area contributed by atoms with Crippen LogP contribution in [0.15, 0.2) is 29.1 Å². The van der Waals surface area contributed by atoms with Crippen molar-refractivity contribution in [2.75, 3.05) is 26.3 Å². The Morgan fingerprint density at radius 1 is 1.17 bits per heavy atom. The molecular formula is C22H24N4O3S. The summed E-state index contributed by atoms with van der Waals surface area (Å²) >= 11 is 1.54. The fourth-order valence-electron chi connectivity index (χ4n) is 4.16. The Kier molecular flexibility index (Phi) is 5.37. The number of hydrogen-bond acceptors (Lipinski definition) is 6. The number of thiophene rings is 1. The maximum atomic E-state index is 12.6. The lowest BCUT2D eigenvalue weighted by Crippen LogP contribution is -2.35. The van der Waals surface area contributed by atoms with Crippen LogP contribution in [0.4, 0.5) is 0 Å². The van der Waals surface area contributed by atoms with Crippen LogP contribution in [0.3, 0.4) is 0 Å². The van der Waals surface area contributed by atoms with Crippen LogP contribution in [0, 0.1) is 0 Å². The molecule has 3 aromatic rings. The summed E-state index contributed by atoms with van der Waals surface area (Å²) in [6.45, 7) is 4.80. The number of ether oxygens (including phenoxy) is 1. The first-order chi connectivity index (χ1) is 14.7. The smallest absolute Gasteiger partial charge is 0.287 e. The van der Waals surface area contributed by atoms with E-state index < -0.39 is 0 Å². The minimum Gasteiger partial charge on any atom is -0.379 e. The molecule has 5 rings (SSSR count). The molecule has 1 aliphatic heterocycles. The number of aryl methyl sites for hydroxylation is 2. The number of amides is 1.